The fraction of sp³-hybridized carbons (Fsp3) is 0.273. The fourth-order valence-electron chi connectivity index (χ4n) is 3.02. The second-order valence-electron chi connectivity index (χ2n) is 7.17. The van der Waals surface area contributed by atoms with Crippen molar-refractivity contribution in [3.63, 3.8) is 0 Å². The zero-order valence-electron chi connectivity index (χ0n) is 16.7. The molecule has 0 spiro atoms. The lowest BCUT2D eigenvalue weighted by Crippen LogP contribution is -2.32. The van der Waals surface area contributed by atoms with E-state index in [1.807, 2.05) is 12.1 Å². The van der Waals surface area contributed by atoms with Crippen LogP contribution in [-0.2, 0) is 0 Å². The van der Waals surface area contributed by atoms with Gasteiger partial charge in [0.1, 0.15) is 5.82 Å². The monoisotopic (exact) mass is 416 g/mol. The van der Waals surface area contributed by atoms with E-state index in [0.717, 1.165) is 5.56 Å². The van der Waals surface area contributed by atoms with Crippen LogP contribution in [-0.4, -0.2) is 22.2 Å². The van der Waals surface area contributed by atoms with Crippen LogP contribution in [0, 0.1) is 12.7 Å². The lowest BCUT2D eigenvalue weighted by Gasteiger charge is -2.14. The maximum atomic E-state index is 13.1. The predicted molar refractivity (Wildman–Crippen MR) is 115 cm³/mol. The van der Waals surface area contributed by atoms with Gasteiger partial charge in [0, 0.05) is 12.6 Å². The number of nitrogens with one attached hydrogen (secondary N) is 1. The van der Waals surface area contributed by atoms with Crippen LogP contribution in [0.4, 0.5) is 4.39 Å². The topological polar surface area (TPSA) is 72.9 Å². The first kappa shape index (κ1) is 22.6. The molecule has 0 aliphatic rings. The van der Waals surface area contributed by atoms with Gasteiger partial charge in [0.25, 0.3) is 5.91 Å². The largest absolute Gasteiger partial charge is 0.350 e. The Kier molecular flexibility index (Phi) is 7.53. The summed E-state index contributed by atoms with van der Waals surface area (Å²) in [7, 11) is 0. The van der Waals surface area contributed by atoms with Gasteiger partial charge >= 0.3 is 0 Å². The van der Waals surface area contributed by atoms with Crippen molar-refractivity contribution in [3.05, 3.63) is 82.9 Å². The summed E-state index contributed by atoms with van der Waals surface area (Å²) in [4.78, 5) is 12.6. The number of hydrogen-bond acceptors (Lipinski definition) is 3. The van der Waals surface area contributed by atoms with Crippen LogP contribution in [0.5, 0.6) is 0 Å². The van der Waals surface area contributed by atoms with E-state index in [1.165, 1.54) is 23.9 Å². The zero-order chi connectivity index (χ0) is 20.3. The van der Waals surface area contributed by atoms with Crippen molar-refractivity contribution < 1.29 is 9.18 Å². The maximum absolute atomic E-state index is 13.1. The van der Waals surface area contributed by atoms with Gasteiger partial charge in [0.2, 0.25) is 0 Å². The van der Waals surface area contributed by atoms with Gasteiger partial charge in [-0.1, -0.05) is 38.1 Å². The average Bonchev–Trinajstić information content (AvgIpc) is 3.08. The summed E-state index contributed by atoms with van der Waals surface area (Å²) in [5.41, 5.74) is 10.3. The van der Waals surface area contributed by atoms with Crippen molar-refractivity contribution in [1.29, 1.82) is 0 Å². The summed E-state index contributed by atoms with van der Waals surface area (Å²) in [5, 5.41) is 7.12. The fourth-order valence-corrected chi connectivity index (χ4v) is 3.02. The number of amides is 1. The Labute approximate surface area is 176 Å². The van der Waals surface area contributed by atoms with Crippen LogP contribution in [0.15, 0.2) is 54.7 Å². The number of nitrogens with zero attached hydrogens (tertiary/aromatic N) is 2. The van der Waals surface area contributed by atoms with E-state index in [-0.39, 0.29) is 30.2 Å². The molecule has 2 aromatic carbocycles. The second kappa shape index (κ2) is 9.67. The molecular weight excluding hydrogens is 391 g/mol. The van der Waals surface area contributed by atoms with Crippen LogP contribution in [0.1, 0.15) is 53.0 Å². The molecule has 0 radical (unpaired) electrons. The average molecular weight is 417 g/mol. The Hall–Kier alpha value is -2.70. The first-order valence-corrected chi connectivity index (χ1v) is 9.31. The Balaban J connectivity index is 0.00000300. The van der Waals surface area contributed by atoms with Gasteiger partial charge in [0.15, 0.2) is 0 Å². The second-order valence-corrected chi connectivity index (χ2v) is 7.17. The van der Waals surface area contributed by atoms with Crippen molar-refractivity contribution in [1.82, 2.24) is 15.1 Å². The van der Waals surface area contributed by atoms with Crippen LogP contribution < -0.4 is 11.1 Å². The van der Waals surface area contributed by atoms with Crippen molar-refractivity contribution in [3.8, 4) is 5.69 Å². The van der Waals surface area contributed by atoms with E-state index in [1.54, 1.807) is 23.7 Å². The molecular formula is C22H26ClFN4O. The predicted octanol–water partition coefficient (Wildman–Crippen LogP) is 4.29. The zero-order valence-corrected chi connectivity index (χ0v) is 17.5. The molecule has 0 saturated heterocycles. The molecule has 3 aromatic rings. The molecule has 1 aromatic heterocycles. The lowest BCUT2D eigenvalue weighted by atomic mass is 9.99. The Bertz CT molecular complexity index is 952. The highest BCUT2D eigenvalue weighted by Crippen LogP contribution is 2.18. The number of rotatable bonds is 6. The van der Waals surface area contributed by atoms with Crippen molar-refractivity contribution in [2.75, 3.05) is 6.54 Å². The molecule has 154 valence electrons. The Morgan fingerprint density at radius 2 is 1.69 bits per heavy atom. The quantitative estimate of drug-likeness (QED) is 0.629. The summed E-state index contributed by atoms with van der Waals surface area (Å²) in [5.74, 6) is -0.0901. The highest BCUT2D eigenvalue weighted by Gasteiger charge is 2.16. The summed E-state index contributed by atoms with van der Waals surface area (Å²) < 4.78 is 14.7. The van der Waals surface area contributed by atoms with Crippen LogP contribution in [0.25, 0.3) is 5.69 Å². The number of benzene rings is 2. The third-order valence-corrected chi connectivity index (χ3v) is 4.84. The minimum atomic E-state index is -0.318. The standard InChI is InChI=1S/C22H25FN4O.ClH/c1-14(2)16-4-6-17(7-5-16)21(24)13-25-22(28)20-12-26-27(15(20)3)19-10-8-18(23)9-11-19;/h4-12,14,21H,13,24H2,1-3H3,(H,25,28);1H. The van der Waals surface area contributed by atoms with Gasteiger partial charge in [-0.25, -0.2) is 9.07 Å². The van der Waals surface area contributed by atoms with Crippen LogP contribution in [0.2, 0.25) is 0 Å². The third kappa shape index (κ3) is 5.22. The molecule has 0 fully saturated rings. The van der Waals surface area contributed by atoms with Gasteiger partial charge in [-0.15, -0.1) is 12.4 Å². The summed E-state index contributed by atoms with van der Waals surface area (Å²) in [6.45, 7) is 6.41. The molecule has 29 heavy (non-hydrogen) atoms. The van der Waals surface area contributed by atoms with E-state index < -0.39 is 0 Å². The van der Waals surface area contributed by atoms with Gasteiger partial charge in [-0.2, -0.15) is 5.10 Å². The van der Waals surface area contributed by atoms with E-state index in [0.29, 0.717) is 29.4 Å². The van der Waals surface area contributed by atoms with Gasteiger partial charge < -0.3 is 11.1 Å². The maximum Gasteiger partial charge on any atom is 0.254 e. The van der Waals surface area contributed by atoms with Gasteiger partial charge in [-0.05, 0) is 48.2 Å². The third-order valence-electron chi connectivity index (χ3n) is 4.84. The number of carbonyl (C=O) groups excluding carboxylic acids is 1. The number of aromatic nitrogens is 2. The SMILES string of the molecule is Cc1c(C(=O)NCC(N)c2ccc(C(C)C)cc2)cnn1-c1ccc(F)cc1.Cl. The molecule has 3 rings (SSSR count). The minimum Gasteiger partial charge on any atom is -0.350 e. The highest BCUT2D eigenvalue weighted by atomic mass is 35.5. The highest BCUT2D eigenvalue weighted by molar-refractivity contribution is 5.95. The summed E-state index contributed by atoms with van der Waals surface area (Å²) >= 11 is 0. The van der Waals surface area contributed by atoms with Crippen LogP contribution >= 0.6 is 12.4 Å². The molecule has 1 heterocycles. The molecule has 3 N–H and O–H groups in total. The molecule has 1 atom stereocenters. The van der Waals surface area contributed by atoms with Crippen molar-refractivity contribution in [2.24, 2.45) is 5.73 Å². The normalized spacial score (nSPS) is 11.8. The Morgan fingerprint density at radius 1 is 1.10 bits per heavy atom. The molecule has 0 saturated carbocycles. The molecule has 1 unspecified atom stereocenters. The Morgan fingerprint density at radius 3 is 2.28 bits per heavy atom. The number of halogens is 2. The lowest BCUT2D eigenvalue weighted by molar-refractivity contribution is 0.0950. The van der Waals surface area contributed by atoms with Crippen LogP contribution in [0.3, 0.4) is 0 Å². The molecule has 0 aliphatic heterocycles. The number of nitrogens with two attached hydrogens (primary N) is 1. The smallest absolute Gasteiger partial charge is 0.254 e. The van der Waals surface area contributed by atoms with Gasteiger partial charge in [0.05, 0.1) is 23.1 Å². The first-order chi connectivity index (χ1) is 13.4. The molecule has 0 bridgehead atoms. The molecule has 1 amide bonds. The minimum absolute atomic E-state index is 0. The van der Waals surface area contributed by atoms with Crippen molar-refractivity contribution >= 4 is 18.3 Å². The number of hydrogen-bond donors (Lipinski definition) is 2. The van der Waals surface area contributed by atoms with Gasteiger partial charge in [-0.3, -0.25) is 4.79 Å². The van der Waals surface area contributed by atoms with E-state index in [4.69, 9.17) is 5.73 Å². The number of carbonyl (C=O) groups is 1. The van der Waals surface area contributed by atoms with E-state index >= 15 is 0 Å². The summed E-state index contributed by atoms with van der Waals surface area (Å²) in [6.07, 6.45) is 1.51. The van der Waals surface area contributed by atoms with E-state index in [9.17, 15) is 9.18 Å². The van der Waals surface area contributed by atoms with E-state index in [2.05, 4.69) is 36.4 Å². The summed E-state index contributed by atoms with van der Waals surface area (Å²) in [6, 6.07) is 13.8. The first-order valence-electron chi connectivity index (χ1n) is 9.31. The molecule has 0 aliphatic carbocycles. The molecule has 7 heteroatoms. The van der Waals surface area contributed by atoms with Crippen molar-refractivity contribution in [2.45, 2.75) is 32.7 Å². The molecule has 5 nitrogen and oxygen atoms in total.